The van der Waals surface area contributed by atoms with Crippen LogP contribution < -0.4 is 10.1 Å². The van der Waals surface area contributed by atoms with Crippen LogP contribution in [-0.4, -0.2) is 6.54 Å². The second-order valence-corrected chi connectivity index (χ2v) is 5.35. The molecule has 0 fully saturated rings. The highest BCUT2D eigenvalue weighted by molar-refractivity contribution is 9.10. The van der Waals surface area contributed by atoms with E-state index in [1.54, 1.807) is 12.1 Å². The molecular formula is C16H17BrFNO. The van der Waals surface area contributed by atoms with Gasteiger partial charge in [0.05, 0.1) is 4.47 Å². The molecule has 0 saturated heterocycles. The van der Waals surface area contributed by atoms with Crippen molar-refractivity contribution >= 4 is 15.9 Å². The van der Waals surface area contributed by atoms with E-state index in [0.717, 1.165) is 19.5 Å². The monoisotopic (exact) mass is 337 g/mol. The normalized spacial score (nSPS) is 10.6. The third-order valence-electron chi connectivity index (χ3n) is 2.81. The molecule has 0 saturated carbocycles. The summed E-state index contributed by atoms with van der Waals surface area (Å²) in [7, 11) is 0. The van der Waals surface area contributed by atoms with Gasteiger partial charge in [-0.05, 0) is 58.7 Å². The Morgan fingerprint density at radius 1 is 1.10 bits per heavy atom. The smallest absolute Gasteiger partial charge is 0.141 e. The quantitative estimate of drug-likeness (QED) is 0.758. The molecule has 0 aliphatic rings. The van der Waals surface area contributed by atoms with Gasteiger partial charge in [0.1, 0.15) is 17.3 Å². The average molecular weight is 338 g/mol. The van der Waals surface area contributed by atoms with E-state index in [1.165, 1.54) is 11.6 Å². The van der Waals surface area contributed by atoms with Crippen LogP contribution in [0, 0.1) is 5.82 Å². The van der Waals surface area contributed by atoms with E-state index in [4.69, 9.17) is 4.74 Å². The molecule has 1 N–H and O–H groups in total. The van der Waals surface area contributed by atoms with E-state index in [2.05, 4.69) is 28.2 Å². The minimum Gasteiger partial charge on any atom is -0.457 e. The highest BCUT2D eigenvalue weighted by atomic mass is 79.9. The maximum atomic E-state index is 13.4. The molecule has 106 valence electrons. The van der Waals surface area contributed by atoms with Crippen molar-refractivity contribution in [3.63, 3.8) is 0 Å². The van der Waals surface area contributed by atoms with Crippen LogP contribution in [0.4, 0.5) is 4.39 Å². The van der Waals surface area contributed by atoms with Crippen molar-refractivity contribution in [3.05, 3.63) is 58.3 Å². The first-order chi connectivity index (χ1) is 9.69. The molecule has 20 heavy (non-hydrogen) atoms. The van der Waals surface area contributed by atoms with E-state index in [9.17, 15) is 4.39 Å². The van der Waals surface area contributed by atoms with Gasteiger partial charge in [-0.3, -0.25) is 0 Å². The van der Waals surface area contributed by atoms with Crippen molar-refractivity contribution in [3.8, 4) is 11.5 Å². The van der Waals surface area contributed by atoms with Gasteiger partial charge in [-0.25, -0.2) is 4.39 Å². The lowest BCUT2D eigenvalue weighted by atomic mass is 10.2. The van der Waals surface area contributed by atoms with Gasteiger partial charge in [-0.1, -0.05) is 19.1 Å². The van der Waals surface area contributed by atoms with Crippen LogP contribution in [-0.2, 0) is 6.54 Å². The predicted octanol–water partition coefficient (Wildman–Crippen LogP) is 4.88. The Hall–Kier alpha value is -1.39. The van der Waals surface area contributed by atoms with E-state index in [1.807, 2.05) is 24.3 Å². The zero-order valence-corrected chi connectivity index (χ0v) is 12.9. The Balaban J connectivity index is 1.97. The summed E-state index contributed by atoms with van der Waals surface area (Å²) >= 11 is 3.12. The summed E-state index contributed by atoms with van der Waals surface area (Å²) in [5.41, 5.74) is 1.20. The molecule has 0 aliphatic carbocycles. The maximum absolute atomic E-state index is 13.4. The number of rotatable bonds is 6. The zero-order chi connectivity index (χ0) is 14.4. The number of nitrogens with one attached hydrogen (secondary N) is 1. The largest absolute Gasteiger partial charge is 0.457 e. The van der Waals surface area contributed by atoms with E-state index >= 15 is 0 Å². The van der Waals surface area contributed by atoms with Crippen molar-refractivity contribution in [2.24, 2.45) is 0 Å². The number of benzene rings is 2. The molecule has 0 aromatic heterocycles. The van der Waals surface area contributed by atoms with Crippen molar-refractivity contribution in [2.75, 3.05) is 6.54 Å². The highest BCUT2D eigenvalue weighted by Gasteiger charge is 2.03. The summed E-state index contributed by atoms with van der Waals surface area (Å²) in [5, 5.41) is 3.34. The fraction of sp³-hybridized carbons (Fsp3) is 0.250. The third kappa shape index (κ3) is 4.32. The molecule has 0 heterocycles. The number of halogens is 2. The lowest BCUT2D eigenvalue weighted by molar-refractivity contribution is 0.476. The summed E-state index contributed by atoms with van der Waals surface area (Å²) in [4.78, 5) is 0. The first-order valence-corrected chi connectivity index (χ1v) is 7.41. The molecular weight excluding hydrogens is 321 g/mol. The van der Waals surface area contributed by atoms with Crippen LogP contribution in [0.3, 0.4) is 0 Å². The minimum atomic E-state index is -0.331. The van der Waals surface area contributed by atoms with Gasteiger partial charge < -0.3 is 10.1 Å². The summed E-state index contributed by atoms with van der Waals surface area (Å²) in [5.74, 6) is 0.858. The van der Waals surface area contributed by atoms with Crippen molar-refractivity contribution in [1.29, 1.82) is 0 Å². The molecule has 0 spiro atoms. The average Bonchev–Trinajstić information content (AvgIpc) is 2.45. The summed E-state index contributed by atoms with van der Waals surface area (Å²) in [6.45, 7) is 4.00. The van der Waals surface area contributed by atoms with Crippen LogP contribution in [0.15, 0.2) is 46.9 Å². The number of ether oxygens (including phenoxy) is 1. The minimum absolute atomic E-state index is 0.331. The van der Waals surface area contributed by atoms with Crippen LogP contribution >= 0.6 is 15.9 Å². The second kappa shape index (κ2) is 7.41. The maximum Gasteiger partial charge on any atom is 0.141 e. The fourth-order valence-corrected chi connectivity index (χ4v) is 2.01. The van der Waals surface area contributed by atoms with Crippen LogP contribution in [0.1, 0.15) is 18.9 Å². The topological polar surface area (TPSA) is 21.3 Å². The molecule has 2 aromatic rings. The number of hydrogen-bond donors (Lipinski definition) is 1. The number of hydrogen-bond acceptors (Lipinski definition) is 2. The van der Waals surface area contributed by atoms with E-state index < -0.39 is 0 Å². The summed E-state index contributed by atoms with van der Waals surface area (Å²) in [6.07, 6.45) is 1.12. The molecule has 0 radical (unpaired) electrons. The standard InChI is InChI=1S/C16H17BrFNO/c1-2-9-19-11-12-3-5-13(6-4-12)20-14-7-8-15(17)16(18)10-14/h3-8,10,19H,2,9,11H2,1H3. The van der Waals surface area contributed by atoms with Gasteiger partial charge in [0.2, 0.25) is 0 Å². The van der Waals surface area contributed by atoms with Gasteiger partial charge in [-0.2, -0.15) is 0 Å². The SMILES string of the molecule is CCCNCc1ccc(Oc2ccc(Br)c(F)c2)cc1. The molecule has 0 atom stereocenters. The lowest BCUT2D eigenvalue weighted by Gasteiger charge is -2.08. The van der Waals surface area contributed by atoms with Gasteiger partial charge >= 0.3 is 0 Å². The Kier molecular flexibility index (Phi) is 5.56. The van der Waals surface area contributed by atoms with E-state index in [0.29, 0.717) is 16.0 Å². The van der Waals surface area contributed by atoms with E-state index in [-0.39, 0.29) is 5.82 Å². The first-order valence-electron chi connectivity index (χ1n) is 6.61. The molecule has 2 aromatic carbocycles. The lowest BCUT2D eigenvalue weighted by Crippen LogP contribution is -2.13. The van der Waals surface area contributed by atoms with Gasteiger partial charge in [0, 0.05) is 12.6 Å². The van der Waals surface area contributed by atoms with Crippen molar-refractivity contribution < 1.29 is 9.13 Å². The molecule has 0 aliphatic heterocycles. The highest BCUT2D eigenvalue weighted by Crippen LogP contribution is 2.25. The Labute approximate surface area is 127 Å². The van der Waals surface area contributed by atoms with Gasteiger partial charge in [-0.15, -0.1) is 0 Å². The molecule has 2 rings (SSSR count). The van der Waals surface area contributed by atoms with Crippen molar-refractivity contribution in [1.82, 2.24) is 5.32 Å². The van der Waals surface area contributed by atoms with Gasteiger partial charge in [0.15, 0.2) is 0 Å². The second-order valence-electron chi connectivity index (χ2n) is 4.50. The van der Waals surface area contributed by atoms with Crippen LogP contribution in [0.5, 0.6) is 11.5 Å². The van der Waals surface area contributed by atoms with Gasteiger partial charge in [0.25, 0.3) is 0 Å². The molecule has 2 nitrogen and oxygen atoms in total. The van der Waals surface area contributed by atoms with Crippen LogP contribution in [0.25, 0.3) is 0 Å². The first kappa shape index (κ1) is 15.0. The molecule has 0 amide bonds. The zero-order valence-electron chi connectivity index (χ0n) is 11.3. The third-order valence-corrected chi connectivity index (χ3v) is 3.45. The Morgan fingerprint density at radius 3 is 2.45 bits per heavy atom. The van der Waals surface area contributed by atoms with Crippen molar-refractivity contribution in [2.45, 2.75) is 19.9 Å². The Bertz CT molecular complexity index is 557. The molecule has 0 bridgehead atoms. The molecule has 4 heteroatoms. The summed E-state index contributed by atoms with van der Waals surface area (Å²) in [6, 6.07) is 12.5. The Morgan fingerprint density at radius 2 is 1.80 bits per heavy atom. The fourth-order valence-electron chi connectivity index (χ4n) is 1.76. The summed E-state index contributed by atoms with van der Waals surface area (Å²) < 4.78 is 19.4. The van der Waals surface area contributed by atoms with Crippen LogP contribution in [0.2, 0.25) is 0 Å². The molecule has 0 unspecified atom stereocenters. The predicted molar refractivity (Wildman–Crippen MR) is 82.6 cm³/mol.